The number of nitrogens with zero attached hydrogens (tertiary/aromatic N) is 3. The summed E-state index contributed by atoms with van der Waals surface area (Å²) in [5, 5.41) is 1.02. The number of carbonyl (C=O) groups excluding carboxylic acids is 1. The van der Waals surface area contributed by atoms with Gasteiger partial charge in [-0.15, -0.1) is 11.3 Å². The van der Waals surface area contributed by atoms with Crippen molar-refractivity contribution in [2.45, 2.75) is 55.9 Å². The van der Waals surface area contributed by atoms with Crippen LogP contribution >= 0.6 is 11.3 Å². The van der Waals surface area contributed by atoms with Crippen molar-refractivity contribution in [3.8, 4) is 0 Å². The Balaban J connectivity index is 1.22. The summed E-state index contributed by atoms with van der Waals surface area (Å²) >= 11 is 1.68. The number of sulfonamides is 1. The summed E-state index contributed by atoms with van der Waals surface area (Å²) in [6.45, 7) is 1.97. The van der Waals surface area contributed by atoms with E-state index in [0.717, 1.165) is 59.4 Å². The molecule has 3 aromatic rings. The fourth-order valence-electron chi connectivity index (χ4n) is 4.83. The summed E-state index contributed by atoms with van der Waals surface area (Å²) in [5.74, 6) is 0.141. The van der Waals surface area contributed by atoms with E-state index in [1.165, 1.54) is 0 Å². The van der Waals surface area contributed by atoms with Crippen LogP contribution in [0.15, 0.2) is 53.4 Å². The Morgan fingerprint density at radius 1 is 0.970 bits per heavy atom. The Bertz CT molecular complexity index is 1200. The standard InChI is InChI=1S/C25H29N3O3S2/c29-24(28-18-6-8-22(28)25-26-21-7-2-3-9-23(21)32-25)15-12-19-10-13-20(14-11-19)33(30,31)27-16-4-1-5-17-27/h2-3,7,9-11,13-14,22H,1,4-6,8,12,15-18H2/t22-/m1/s1. The number of fused-ring (bicyclic) bond motifs is 1. The minimum absolute atomic E-state index is 0.0620. The average Bonchev–Trinajstić information content (AvgIpc) is 3.50. The molecular weight excluding hydrogens is 454 g/mol. The van der Waals surface area contributed by atoms with Gasteiger partial charge in [0.15, 0.2) is 0 Å². The van der Waals surface area contributed by atoms with Gasteiger partial charge in [0.05, 0.1) is 21.2 Å². The van der Waals surface area contributed by atoms with Crippen LogP contribution in [0.3, 0.4) is 0 Å². The van der Waals surface area contributed by atoms with Gasteiger partial charge in [-0.3, -0.25) is 4.79 Å². The maximum atomic E-state index is 13.1. The lowest BCUT2D eigenvalue weighted by Gasteiger charge is -2.26. The van der Waals surface area contributed by atoms with E-state index >= 15 is 0 Å². The molecule has 0 aliphatic carbocycles. The van der Waals surface area contributed by atoms with Crippen molar-refractivity contribution in [3.05, 3.63) is 59.1 Å². The monoisotopic (exact) mass is 483 g/mol. The molecule has 2 aliphatic heterocycles. The average molecular weight is 484 g/mol. The second-order valence-corrected chi connectivity index (χ2v) is 11.9. The second-order valence-electron chi connectivity index (χ2n) is 8.87. The molecule has 2 aliphatic rings. The summed E-state index contributed by atoms with van der Waals surface area (Å²) < 4.78 is 28.4. The number of hydrogen-bond donors (Lipinski definition) is 0. The van der Waals surface area contributed by atoms with E-state index < -0.39 is 10.0 Å². The van der Waals surface area contributed by atoms with Crippen LogP contribution in [0.4, 0.5) is 0 Å². The third-order valence-electron chi connectivity index (χ3n) is 6.67. The first-order valence-electron chi connectivity index (χ1n) is 11.8. The predicted molar refractivity (Wildman–Crippen MR) is 131 cm³/mol. The molecule has 0 N–H and O–H groups in total. The van der Waals surface area contributed by atoms with E-state index in [1.807, 2.05) is 35.2 Å². The van der Waals surface area contributed by atoms with Crippen LogP contribution in [0.5, 0.6) is 0 Å². The van der Waals surface area contributed by atoms with E-state index in [4.69, 9.17) is 4.98 Å². The zero-order chi connectivity index (χ0) is 22.8. The third-order valence-corrected chi connectivity index (χ3v) is 9.72. The van der Waals surface area contributed by atoms with Crippen molar-refractivity contribution < 1.29 is 13.2 Å². The first-order chi connectivity index (χ1) is 16.0. The predicted octanol–water partition coefficient (Wildman–Crippen LogP) is 4.77. The second kappa shape index (κ2) is 9.52. The molecule has 0 unspecified atom stereocenters. The van der Waals surface area contributed by atoms with Crippen molar-refractivity contribution in [1.82, 2.24) is 14.2 Å². The highest BCUT2D eigenvalue weighted by molar-refractivity contribution is 7.89. The number of thiazole rings is 1. The number of rotatable bonds is 6. The van der Waals surface area contributed by atoms with Gasteiger partial charge in [0.25, 0.3) is 0 Å². The SMILES string of the molecule is O=C(CCc1ccc(S(=O)(=O)N2CCCCC2)cc1)N1CCC[C@@H]1c1nc2ccccc2s1. The lowest BCUT2D eigenvalue weighted by atomic mass is 10.1. The maximum Gasteiger partial charge on any atom is 0.243 e. The maximum absolute atomic E-state index is 13.1. The summed E-state index contributed by atoms with van der Waals surface area (Å²) in [4.78, 5) is 20.2. The highest BCUT2D eigenvalue weighted by atomic mass is 32.2. The zero-order valence-electron chi connectivity index (χ0n) is 18.7. The molecule has 5 rings (SSSR count). The van der Waals surface area contributed by atoms with Gasteiger partial charge in [0.2, 0.25) is 15.9 Å². The van der Waals surface area contributed by atoms with Crippen LogP contribution in [-0.2, 0) is 21.2 Å². The molecule has 174 valence electrons. The fourth-order valence-corrected chi connectivity index (χ4v) is 7.46. The molecule has 6 nitrogen and oxygen atoms in total. The molecule has 3 heterocycles. The number of piperidine rings is 1. The molecule has 1 aromatic heterocycles. The number of benzene rings is 2. The van der Waals surface area contributed by atoms with E-state index in [1.54, 1.807) is 27.8 Å². The summed E-state index contributed by atoms with van der Waals surface area (Å²) in [6, 6.07) is 15.2. The highest BCUT2D eigenvalue weighted by Crippen LogP contribution is 2.36. The topological polar surface area (TPSA) is 70.6 Å². The Hall–Kier alpha value is -2.29. The highest BCUT2D eigenvalue weighted by Gasteiger charge is 2.32. The van der Waals surface area contributed by atoms with Crippen molar-refractivity contribution >= 4 is 37.5 Å². The minimum Gasteiger partial charge on any atom is -0.333 e. The molecule has 0 radical (unpaired) electrons. The van der Waals surface area contributed by atoms with Crippen molar-refractivity contribution in [1.29, 1.82) is 0 Å². The summed E-state index contributed by atoms with van der Waals surface area (Å²) in [7, 11) is -3.42. The summed E-state index contributed by atoms with van der Waals surface area (Å²) in [6.07, 6.45) is 5.91. The van der Waals surface area contributed by atoms with Crippen LogP contribution in [0.1, 0.15) is 55.1 Å². The number of para-hydroxylation sites is 1. The van der Waals surface area contributed by atoms with Crippen LogP contribution < -0.4 is 0 Å². The van der Waals surface area contributed by atoms with Gasteiger partial charge in [-0.05, 0) is 61.9 Å². The van der Waals surface area contributed by atoms with Gasteiger partial charge in [-0.1, -0.05) is 30.7 Å². The number of aryl methyl sites for hydroxylation is 1. The van der Waals surface area contributed by atoms with Gasteiger partial charge in [0, 0.05) is 26.1 Å². The van der Waals surface area contributed by atoms with E-state index in [2.05, 4.69) is 6.07 Å². The molecule has 0 saturated carbocycles. The molecule has 0 bridgehead atoms. The molecule has 0 spiro atoms. The first kappa shape index (κ1) is 22.5. The quantitative estimate of drug-likeness (QED) is 0.507. The Kier molecular flexibility index (Phi) is 6.49. The number of likely N-dealkylation sites (tertiary alicyclic amines) is 1. The molecule has 2 aromatic carbocycles. The van der Waals surface area contributed by atoms with Crippen molar-refractivity contribution in [2.75, 3.05) is 19.6 Å². The van der Waals surface area contributed by atoms with Gasteiger partial charge >= 0.3 is 0 Å². The van der Waals surface area contributed by atoms with Gasteiger partial charge < -0.3 is 4.90 Å². The smallest absolute Gasteiger partial charge is 0.243 e. The number of hydrogen-bond acceptors (Lipinski definition) is 5. The van der Waals surface area contributed by atoms with Gasteiger partial charge in [-0.2, -0.15) is 4.31 Å². The zero-order valence-corrected chi connectivity index (χ0v) is 20.3. The fraction of sp³-hybridized carbons (Fsp3) is 0.440. The normalized spacial score (nSPS) is 19.9. The van der Waals surface area contributed by atoms with Crippen molar-refractivity contribution in [2.24, 2.45) is 0 Å². The Morgan fingerprint density at radius 3 is 2.48 bits per heavy atom. The van der Waals surface area contributed by atoms with Crippen molar-refractivity contribution in [3.63, 3.8) is 0 Å². The van der Waals surface area contributed by atoms with Crippen LogP contribution in [0, 0.1) is 0 Å². The van der Waals surface area contributed by atoms with Gasteiger partial charge in [-0.25, -0.2) is 13.4 Å². The third kappa shape index (κ3) is 4.69. The summed E-state index contributed by atoms with van der Waals surface area (Å²) in [5.41, 5.74) is 1.98. The number of aromatic nitrogens is 1. The van der Waals surface area contributed by atoms with E-state index in [9.17, 15) is 13.2 Å². The van der Waals surface area contributed by atoms with Crippen LogP contribution in [0.2, 0.25) is 0 Å². The van der Waals surface area contributed by atoms with E-state index in [-0.39, 0.29) is 11.9 Å². The van der Waals surface area contributed by atoms with Crippen LogP contribution in [-0.4, -0.2) is 48.1 Å². The Morgan fingerprint density at radius 2 is 1.73 bits per heavy atom. The van der Waals surface area contributed by atoms with Gasteiger partial charge in [0.1, 0.15) is 5.01 Å². The first-order valence-corrected chi connectivity index (χ1v) is 14.0. The lowest BCUT2D eigenvalue weighted by Crippen LogP contribution is -2.35. The molecular formula is C25H29N3O3S2. The van der Waals surface area contributed by atoms with E-state index in [0.29, 0.717) is 30.8 Å². The number of amides is 1. The minimum atomic E-state index is -3.42. The molecule has 1 atom stereocenters. The Labute approximate surface area is 199 Å². The van der Waals surface area contributed by atoms with Crippen LogP contribution in [0.25, 0.3) is 10.2 Å². The molecule has 33 heavy (non-hydrogen) atoms. The molecule has 1 amide bonds. The lowest BCUT2D eigenvalue weighted by molar-refractivity contribution is -0.132. The molecule has 2 fully saturated rings. The molecule has 2 saturated heterocycles. The number of carbonyl (C=O) groups is 1. The molecule has 8 heteroatoms. The largest absolute Gasteiger partial charge is 0.333 e.